The average molecular weight is 202 g/mol. The maximum Gasteiger partial charge on any atom is 0.0483 e. The molecule has 0 fully saturated rings. The number of hydrogen-bond acceptors (Lipinski definition) is 1. The molecular weight excluding hydrogens is 184 g/mol. The number of aryl methyl sites for hydroxylation is 2. The zero-order valence-corrected chi connectivity index (χ0v) is 9.67. The Bertz CT molecular complexity index is 469. The summed E-state index contributed by atoms with van der Waals surface area (Å²) in [5.41, 5.74) is 4.09. The first-order valence-corrected chi connectivity index (χ1v) is 5.41. The molecule has 0 aliphatic heterocycles. The summed E-state index contributed by atoms with van der Waals surface area (Å²) < 4.78 is 2.22. The summed E-state index contributed by atoms with van der Waals surface area (Å²) >= 11 is 0. The molecule has 0 radical (unpaired) electrons. The first-order chi connectivity index (χ1) is 7.22. The Morgan fingerprint density at radius 2 is 2.13 bits per heavy atom. The molecule has 0 aliphatic rings. The number of likely N-dealkylation sites (N-methyl/N-ethyl adjacent to an activating group) is 1. The predicted molar refractivity (Wildman–Crippen MR) is 65.3 cm³/mol. The standard InChI is InChI=1S/C13H18N2/c1-10-4-5-12-11(6-7-14-2)9-15(3)13(12)8-10/h4-5,8-9,14H,6-7H2,1-3H3. The summed E-state index contributed by atoms with van der Waals surface area (Å²) in [7, 11) is 4.11. The second-order valence-electron chi connectivity index (χ2n) is 4.14. The minimum Gasteiger partial charge on any atom is -0.350 e. The van der Waals surface area contributed by atoms with Crippen molar-refractivity contribution in [3.05, 3.63) is 35.5 Å². The van der Waals surface area contributed by atoms with Crippen molar-refractivity contribution < 1.29 is 0 Å². The van der Waals surface area contributed by atoms with E-state index < -0.39 is 0 Å². The van der Waals surface area contributed by atoms with E-state index in [1.807, 2.05) is 7.05 Å². The molecule has 2 rings (SSSR count). The molecule has 1 N–H and O–H groups in total. The fourth-order valence-electron chi connectivity index (χ4n) is 2.04. The van der Waals surface area contributed by atoms with Crippen LogP contribution in [0, 0.1) is 6.92 Å². The summed E-state index contributed by atoms with van der Waals surface area (Å²) in [5.74, 6) is 0. The number of hydrogen-bond donors (Lipinski definition) is 1. The van der Waals surface area contributed by atoms with Crippen LogP contribution in [0.2, 0.25) is 0 Å². The predicted octanol–water partition coefficient (Wildman–Crippen LogP) is 2.25. The zero-order chi connectivity index (χ0) is 10.8. The Morgan fingerprint density at radius 3 is 2.87 bits per heavy atom. The van der Waals surface area contributed by atoms with Crippen LogP contribution < -0.4 is 5.32 Å². The summed E-state index contributed by atoms with van der Waals surface area (Å²) in [6.07, 6.45) is 3.33. The number of aromatic nitrogens is 1. The van der Waals surface area contributed by atoms with Gasteiger partial charge in [0.1, 0.15) is 0 Å². The van der Waals surface area contributed by atoms with E-state index in [0.29, 0.717) is 0 Å². The van der Waals surface area contributed by atoms with Gasteiger partial charge in [0.05, 0.1) is 0 Å². The van der Waals surface area contributed by atoms with Crippen LogP contribution in [0.15, 0.2) is 24.4 Å². The lowest BCUT2D eigenvalue weighted by Crippen LogP contribution is -2.09. The van der Waals surface area contributed by atoms with Crippen LogP contribution in [0.5, 0.6) is 0 Å². The summed E-state index contributed by atoms with van der Waals surface area (Å²) in [6, 6.07) is 6.67. The molecule has 2 nitrogen and oxygen atoms in total. The molecule has 0 saturated heterocycles. The van der Waals surface area contributed by atoms with Crippen molar-refractivity contribution in [2.45, 2.75) is 13.3 Å². The van der Waals surface area contributed by atoms with E-state index >= 15 is 0 Å². The third-order valence-electron chi connectivity index (χ3n) is 2.87. The number of nitrogens with one attached hydrogen (secondary N) is 1. The number of benzene rings is 1. The van der Waals surface area contributed by atoms with E-state index in [9.17, 15) is 0 Å². The van der Waals surface area contributed by atoms with Crippen LogP contribution in [0.25, 0.3) is 10.9 Å². The number of fused-ring (bicyclic) bond motifs is 1. The van der Waals surface area contributed by atoms with Gasteiger partial charge in [-0.25, -0.2) is 0 Å². The first-order valence-electron chi connectivity index (χ1n) is 5.41. The third-order valence-corrected chi connectivity index (χ3v) is 2.87. The largest absolute Gasteiger partial charge is 0.350 e. The van der Waals surface area contributed by atoms with E-state index in [4.69, 9.17) is 0 Å². The quantitative estimate of drug-likeness (QED) is 0.807. The van der Waals surface area contributed by atoms with Crippen molar-refractivity contribution in [1.82, 2.24) is 9.88 Å². The van der Waals surface area contributed by atoms with Crippen LogP contribution >= 0.6 is 0 Å². The van der Waals surface area contributed by atoms with E-state index in [0.717, 1.165) is 13.0 Å². The highest BCUT2D eigenvalue weighted by Crippen LogP contribution is 2.21. The van der Waals surface area contributed by atoms with Crippen LogP contribution in [0.4, 0.5) is 0 Å². The van der Waals surface area contributed by atoms with Crippen molar-refractivity contribution >= 4 is 10.9 Å². The lowest BCUT2D eigenvalue weighted by atomic mass is 10.1. The van der Waals surface area contributed by atoms with Gasteiger partial charge < -0.3 is 9.88 Å². The molecule has 1 heterocycles. The summed E-state index contributed by atoms with van der Waals surface area (Å²) in [5, 5.41) is 4.58. The molecule has 2 heteroatoms. The Labute approximate surface area is 90.9 Å². The molecule has 0 unspecified atom stereocenters. The summed E-state index contributed by atoms with van der Waals surface area (Å²) in [6.45, 7) is 3.17. The molecule has 0 saturated carbocycles. The topological polar surface area (TPSA) is 17.0 Å². The van der Waals surface area contributed by atoms with Gasteiger partial charge >= 0.3 is 0 Å². The van der Waals surface area contributed by atoms with E-state index in [1.54, 1.807) is 0 Å². The van der Waals surface area contributed by atoms with Crippen LogP contribution in [0.1, 0.15) is 11.1 Å². The molecular formula is C13H18N2. The van der Waals surface area contributed by atoms with Crippen molar-refractivity contribution in [2.75, 3.05) is 13.6 Å². The molecule has 0 aliphatic carbocycles. The average Bonchev–Trinajstić information content (AvgIpc) is 2.53. The SMILES string of the molecule is CNCCc1cn(C)c2cc(C)ccc12. The van der Waals surface area contributed by atoms with Crippen LogP contribution in [0.3, 0.4) is 0 Å². The van der Waals surface area contributed by atoms with Gasteiger partial charge in [0.2, 0.25) is 0 Å². The van der Waals surface area contributed by atoms with E-state index in [1.165, 1.54) is 22.0 Å². The monoisotopic (exact) mass is 202 g/mol. The molecule has 0 atom stereocenters. The first kappa shape index (κ1) is 10.2. The maximum atomic E-state index is 3.19. The van der Waals surface area contributed by atoms with Gasteiger partial charge in [0.25, 0.3) is 0 Å². The molecule has 1 aromatic carbocycles. The van der Waals surface area contributed by atoms with Crippen LogP contribution in [-0.2, 0) is 13.5 Å². The van der Waals surface area contributed by atoms with Crippen molar-refractivity contribution in [3.8, 4) is 0 Å². The molecule has 2 aromatic rings. The fourth-order valence-corrected chi connectivity index (χ4v) is 2.04. The number of nitrogens with zero attached hydrogens (tertiary/aromatic N) is 1. The normalized spacial score (nSPS) is 11.1. The van der Waals surface area contributed by atoms with Gasteiger partial charge in [-0.2, -0.15) is 0 Å². The second-order valence-corrected chi connectivity index (χ2v) is 4.14. The maximum absolute atomic E-state index is 3.19. The molecule has 0 spiro atoms. The molecule has 0 amide bonds. The summed E-state index contributed by atoms with van der Waals surface area (Å²) in [4.78, 5) is 0. The minimum atomic E-state index is 1.03. The zero-order valence-electron chi connectivity index (χ0n) is 9.67. The highest BCUT2D eigenvalue weighted by molar-refractivity contribution is 5.84. The van der Waals surface area contributed by atoms with Gasteiger partial charge in [0, 0.05) is 24.1 Å². The van der Waals surface area contributed by atoms with Gasteiger partial charge in [-0.15, -0.1) is 0 Å². The highest BCUT2D eigenvalue weighted by atomic mass is 14.9. The third kappa shape index (κ3) is 1.90. The van der Waals surface area contributed by atoms with Crippen molar-refractivity contribution in [1.29, 1.82) is 0 Å². The minimum absolute atomic E-state index is 1.03. The Hall–Kier alpha value is -1.28. The van der Waals surface area contributed by atoms with Crippen molar-refractivity contribution in [3.63, 3.8) is 0 Å². The lowest BCUT2D eigenvalue weighted by molar-refractivity contribution is 0.791. The molecule has 1 aromatic heterocycles. The Kier molecular flexibility index (Phi) is 2.78. The number of rotatable bonds is 3. The Morgan fingerprint density at radius 1 is 1.33 bits per heavy atom. The van der Waals surface area contributed by atoms with Crippen molar-refractivity contribution in [2.24, 2.45) is 7.05 Å². The van der Waals surface area contributed by atoms with Gasteiger partial charge in [-0.3, -0.25) is 0 Å². The Balaban J connectivity index is 2.48. The second kappa shape index (κ2) is 4.07. The molecule has 0 bridgehead atoms. The molecule has 15 heavy (non-hydrogen) atoms. The van der Waals surface area contributed by atoms with Gasteiger partial charge in [-0.1, -0.05) is 12.1 Å². The van der Waals surface area contributed by atoms with E-state index in [2.05, 4.69) is 48.3 Å². The molecule has 80 valence electrons. The smallest absolute Gasteiger partial charge is 0.0483 e. The van der Waals surface area contributed by atoms with Gasteiger partial charge in [-0.05, 0) is 44.1 Å². The van der Waals surface area contributed by atoms with E-state index in [-0.39, 0.29) is 0 Å². The highest BCUT2D eigenvalue weighted by Gasteiger charge is 2.05. The van der Waals surface area contributed by atoms with Gasteiger partial charge in [0.15, 0.2) is 0 Å². The van der Waals surface area contributed by atoms with Crippen LogP contribution in [-0.4, -0.2) is 18.2 Å². The lowest BCUT2D eigenvalue weighted by Gasteiger charge is -1.99. The fraction of sp³-hybridized carbons (Fsp3) is 0.385.